The van der Waals surface area contributed by atoms with Crippen LogP contribution in [0.5, 0.6) is 5.75 Å². The van der Waals surface area contributed by atoms with Crippen LogP contribution in [0.4, 0.5) is 18.0 Å². The van der Waals surface area contributed by atoms with E-state index < -0.39 is 41.1 Å². The van der Waals surface area contributed by atoms with Gasteiger partial charge in [-0.1, -0.05) is 23.7 Å². The molecule has 3 aromatic rings. The Morgan fingerprint density at radius 2 is 1.92 bits per heavy atom. The van der Waals surface area contributed by atoms with E-state index in [4.69, 9.17) is 21.1 Å². The largest absolute Gasteiger partial charge is 0.490 e. The molecule has 3 rings (SSSR count). The fourth-order valence-electron chi connectivity index (χ4n) is 3.59. The molecule has 0 radical (unpaired) electrons. The number of carbonyl (C=O) groups is 1. The Bertz CT molecular complexity index is 1340. The number of aryl methyl sites for hydroxylation is 1. The first kappa shape index (κ1) is 28.2. The van der Waals surface area contributed by atoms with Crippen LogP contribution in [0, 0.1) is 0 Å². The summed E-state index contributed by atoms with van der Waals surface area (Å²) in [5.74, 6) is -0.0524. The van der Waals surface area contributed by atoms with Crippen molar-refractivity contribution < 1.29 is 27.4 Å². The van der Waals surface area contributed by atoms with E-state index in [-0.39, 0.29) is 34.7 Å². The number of amides is 1. The second-order valence-electron chi connectivity index (χ2n) is 9.59. The summed E-state index contributed by atoms with van der Waals surface area (Å²) in [6.45, 7) is 8.20. The normalized spacial score (nSPS) is 13.8. The van der Waals surface area contributed by atoms with Crippen molar-refractivity contribution >= 4 is 28.6 Å². The first-order valence-corrected chi connectivity index (χ1v) is 11.9. The number of rotatable bonds is 7. The summed E-state index contributed by atoms with van der Waals surface area (Å²) in [7, 11) is 0. The molecule has 0 unspecified atom stereocenters. The average molecular weight is 541 g/mol. The number of halogens is 4. The van der Waals surface area contributed by atoms with Crippen LogP contribution < -0.4 is 15.6 Å². The molecule has 1 amide bonds. The summed E-state index contributed by atoms with van der Waals surface area (Å²) in [4.78, 5) is 35.4. The number of H-pyrrole nitrogens is 1. The van der Waals surface area contributed by atoms with Gasteiger partial charge in [0.05, 0.1) is 28.6 Å². The van der Waals surface area contributed by atoms with Crippen LogP contribution in [0.3, 0.4) is 0 Å². The third-order valence-corrected chi connectivity index (χ3v) is 5.47. The first-order valence-electron chi connectivity index (χ1n) is 11.5. The molecule has 37 heavy (non-hydrogen) atoms. The van der Waals surface area contributed by atoms with Gasteiger partial charge < -0.3 is 19.8 Å². The number of para-hydroxylation sites is 1. The van der Waals surface area contributed by atoms with Crippen molar-refractivity contribution in [3.8, 4) is 5.75 Å². The maximum atomic E-state index is 13.8. The number of aromatic amines is 1. The van der Waals surface area contributed by atoms with Crippen LogP contribution in [-0.4, -0.2) is 32.8 Å². The number of carbonyl (C=O) groups excluding carboxylic acids is 1. The number of pyridine rings is 1. The second-order valence-corrected chi connectivity index (χ2v) is 9.98. The van der Waals surface area contributed by atoms with Crippen LogP contribution in [0.2, 0.25) is 5.15 Å². The zero-order valence-electron chi connectivity index (χ0n) is 21.0. The lowest BCUT2D eigenvalue weighted by Crippen LogP contribution is -2.34. The third kappa shape index (κ3) is 7.58. The molecule has 0 spiro atoms. The van der Waals surface area contributed by atoms with Crippen molar-refractivity contribution in [3.05, 3.63) is 62.9 Å². The van der Waals surface area contributed by atoms with Gasteiger partial charge in [-0.3, -0.25) is 4.79 Å². The Morgan fingerprint density at radius 1 is 1.22 bits per heavy atom. The molecule has 0 aliphatic heterocycles. The highest BCUT2D eigenvalue weighted by Crippen LogP contribution is 2.41. The van der Waals surface area contributed by atoms with Gasteiger partial charge in [-0.05, 0) is 47.1 Å². The van der Waals surface area contributed by atoms with Gasteiger partial charge in [-0.15, -0.1) is 0 Å². The average Bonchev–Trinajstić information content (AvgIpc) is 2.75. The number of alkyl halides is 3. The van der Waals surface area contributed by atoms with Gasteiger partial charge in [0, 0.05) is 24.2 Å². The lowest BCUT2D eigenvalue weighted by molar-refractivity contribution is -0.139. The molecule has 1 aromatic carbocycles. The van der Waals surface area contributed by atoms with Gasteiger partial charge in [-0.2, -0.15) is 13.2 Å². The van der Waals surface area contributed by atoms with Crippen LogP contribution in [-0.2, 0) is 17.3 Å². The standard InChI is InChI=1S/C25H28ClF3N4O4/c1-13(9-10-20-32-18-11-19(26)30-12-16(18)22(34)33-20)36-21-15(7-6-8-17(21)25(27,28)29)14(2)31-23(35)37-24(3,4)5/h6-8,11-14H,9-10H2,1-5H3,(H,31,35)(H,32,33,34)/t13-,14+/m0/s1. The number of nitrogens with one attached hydrogen (secondary N) is 2. The van der Waals surface area contributed by atoms with Gasteiger partial charge in [0.15, 0.2) is 0 Å². The third-order valence-electron chi connectivity index (χ3n) is 5.26. The molecule has 2 atom stereocenters. The fourth-order valence-corrected chi connectivity index (χ4v) is 3.74. The second kappa shape index (κ2) is 11.0. The predicted molar refractivity (Wildman–Crippen MR) is 133 cm³/mol. The van der Waals surface area contributed by atoms with Crippen molar-refractivity contribution in [1.29, 1.82) is 0 Å². The minimum atomic E-state index is -4.69. The Morgan fingerprint density at radius 3 is 2.57 bits per heavy atom. The topological polar surface area (TPSA) is 106 Å². The van der Waals surface area contributed by atoms with E-state index in [1.54, 1.807) is 34.6 Å². The van der Waals surface area contributed by atoms with Crippen molar-refractivity contribution in [2.75, 3.05) is 0 Å². The van der Waals surface area contributed by atoms with Gasteiger partial charge in [0.25, 0.3) is 5.56 Å². The van der Waals surface area contributed by atoms with E-state index in [9.17, 15) is 22.8 Å². The van der Waals surface area contributed by atoms with E-state index in [2.05, 4.69) is 20.3 Å². The molecule has 200 valence electrons. The zero-order chi connectivity index (χ0) is 27.5. The number of nitrogens with zero attached hydrogens (tertiary/aromatic N) is 2. The highest BCUT2D eigenvalue weighted by molar-refractivity contribution is 6.29. The van der Waals surface area contributed by atoms with Crippen LogP contribution >= 0.6 is 11.6 Å². The molecule has 0 aliphatic rings. The number of alkyl carbamates (subject to hydrolysis) is 1. The lowest BCUT2D eigenvalue weighted by Gasteiger charge is -2.26. The van der Waals surface area contributed by atoms with Crippen LogP contribution in [0.15, 0.2) is 35.3 Å². The van der Waals surface area contributed by atoms with Crippen molar-refractivity contribution in [2.45, 2.75) is 71.4 Å². The number of aromatic nitrogens is 3. The van der Waals surface area contributed by atoms with E-state index in [0.717, 1.165) is 6.07 Å². The summed E-state index contributed by atoms with van der Waals surface area (Å²) < 4.78 is 52.6. The highest BCUT2D eigenvalue weighted by Gasteiger charge is 2.36. The van der Waals surface area contributed by atoms with Gasteiger partial charge in [0.2, 0.25) is 0 Å². The smallest absolute Gasteiger partial charge is 0.419 e. The van der Waals surface area contributed by atoms with Crippen molar-refractivity contribution in [2.24, 2.45) is 0 Å². The molecular weight excluding hydrogens is 513 g/mol. The minimum absolute atomic E-state index is 0.145. The SMILES string of the molecule is C[C@@H](CCc1nc2cc(Cl)ncc2c(=O)[nH]1)Oc1c([C@@H](C)NC(=O)OC(C)(C)C)cccc1C(F)(F)F. The first-order chi connectivity index (χ1) is 17.1. The number of hydrogen-bond donors (Lipinski definition) is 2. The van der Waals surface area contributed by atoms with Crippen LogP contribution in [0.25, 0.3) is 10.9 Å². The number of fused-ring (bicyclic) bond motifs is 1. The molecule has 8 nitrogen and oxygen atoms in total. The van der Waals surface area contributed by atoms with Crippen LogP contribution in [0.1, 0.15) is 64.0 Å². The summed E-state index contributed by atoms with van der Waals surface area (Å²) in [6.07, 6.45) is -4.36. The molecule has 0 aliphatic carbocycles. The summed E-state index contributed by atoms with van der Waals surface area (Å²) >= 11 is 5.89. The molecule has 0 saturated heterocycles. The lowest BCUT2D eigenvalue weighted by atomic mass is 10.0. The van der Waals surface area contributed by atoms with E-state index in [0.29, 0.717) is 11.3 Å². The highest BCUT2D eigenvalue weighted by atomic mass is 35.5. The van der Waals surface area contributed by atoms with Crippen molar-refractivity contribution in [3.63, 3.8) is 0 Å². The summed E-state index contributed by atoms with van der Waals surface area (Å²) in [5.41, 5.74) is -1.63. The molecular formula is C25H28ClF3N4O4. The zero-order valence-corrected chi connectivity index (χ0v) is 21.8. The van der Waals surface area contributed by atoms with Gasteiger partial charge in [0.1, 0.15) is 22.3 Å². The maximum absolute atomic E-state index is 13.8. The molecule has 0 fully saturated rings. The monoisotopic (exact) mass is 540 g/mol. The Kier molecular flexibility index (Phi) is 8.36. The Balaban J connectivity index is 1.82. The van der Waals surface area contributed by atoms with Gasteiger partial charge in [-0.25, -0.2) is 14.8 Å². The van der Waals surface area contributed by atoms with E-state index in [1.165, 1.54) is 24.4 Å². The number of ether oxygens (including phenoxy) is 2. The Labute approximate surface area is 216 Å². The number of hydrogen-bond acceptors (Lipinski definition) is 6. The minimum Gasteiger partial charge on any atom is -0.490 e. The van der Waals surface area contributed by atoms with Gasteiger partial charge >= 0.3 is 12.3 Å². The summed E-state index contributed by atoms with van der Waals surface area (Å²) in [6, 6.07) is 4.26. The molecule has 2 heterocycles. The molecule has 0 bridgehead atoms. The molecule has 12 heteroatoms. The van der Waals surface area contributed by atoms with E-state index >= 15 is 0 Å². The van der Waals surface area contributed by atoms with E-state index in [1.807, 2.05) is 0 Å². The predicted octanol–water partition coefficient (Wildman–Crippen LogP) is 5.98. The number of benzene rings is 1. The molecule has 2 N–H and O–H groups in total. The summed E-state index contributed by atoms with van der Waals surface area (Å²) in [5, 5.41) is 3.01. The molecule has 2 aromatic heterocycles. The van der Waals surface area contributed by atoms with Crippen molar-refractivity contribution in [1.82, 2.24) is 20.3 Å². The quantitative estimate of drug-likeness (QED) is 0.357. The molecule has 0 saturated carbocycles. The Hall–Kier alpha value is -3.34. The maximum Gasteiger partial charge on any atom is 0.419 e. The fraction of sp³-hybridized carbons (Fsp3) is 0.440.